The first kappa shape index (κ1) is 47.0. The number of carbonyl (C=O) groups excluding carboxylic acids is 5. The quantitative estimate of drug-likeness (QED) is 0.0528. The summed E-state index contributed by atoms with van der Waals surface area (Å²) in [5.74, 6) is -3.56. The number of nitrogens with one attached hydrogen (secondary N) is 5. The predicted molar refractivity (Wildman–Crippen MR) is 254 cm³/mol. The number of alkyl halides is 3. The molecule has 1 saturated heterocycles. The lowest BCUT2D eigenvalue weighted by molar-refractivity contribution is -0.138. The van der Waals surface area contributed by atoms with Gasteiger partial charge in [-0.2, -0.15) is 17.9 Å². The van der Waals surface area contributed by atoms with Gasteiger partial charge in [-0.3, -0.25) is 54.0 Å². The molecule has 0 spiro atoms. The number of hydrogen-bond acceptors (Lipinski definition) is 10. The topological polar surface area (TPSA) is 213 Å². The summed E-state index contributed by atoms with van der Waals surface area (Å²) in [4.78, 5) is 98.5. The molecule has 2 aliphatic heterocycles. The number of para-hydroxylation sites is 1. The summed E-state index contributed by atoms with van der Waals surface area (Å²) in [6.45, 7) is 4.27. The fraction of sp³-hybridized carbons (Fsp3) is 0.240. The molecule has 2 atom stereocenters. The van der Waals surface area contributed by atoms with E-state index in [0.29, 0.717) is 83.1 Å². The molecule has 70 heavy (non-hydrogen) atoms. The molecule has 0 bridgehead atoms. The maximum absolute atomic E-state index is 14.5. The molecule has 16 nitrogen and oxygen atoms in total. The summed E-state index contributed by atoms with van der Waals surface area (Å²) in [5.41, 5.74) is 2.95. The van der Waals surface area contributed by atoms with Crippen LogP contribution in [-0.2, 0) is 15.8 Å². The number of halogens is 3. The van der Waals surface area contributed by atoms with Crippen LogP contribution in [0.1, 0.15) is 103 Å². The molecule has 2 aliphatic rings. The van der Waals surface area contributed by atoms with Crippen molar-refractivity contribution in [3.63, 3.8) is 0 Å². The van der Waals surface area contributed by atoms with Gasteiger partial charge in [-0.25, -0.2) is 9.67 Å². The van der Waals surface area contributed by atoms with E-state index < -0.39 is 52.9 Å². The first-order chi connectivity index (χ1) is 33.6. The van der Waals surface area contributed by atoms with Crippen molar-refractivity contribution in [3.8, 4) is 22.1 Å². The molecule has 3 aromatic heterocycles. The number of aromatic amines is 2. The van der Waals surface area contributed by atoms with Crippen LogP contribution in [0.4, 0.5) is 18.9 Å². The van der Waals surface area contributed by atoms with E-state index in [9.17, 15) is 46.7 Å². The SMILES string of the molecule is Cc1[nH]n(-c2ccccc2)c(=O)c1C(c1ccc(C(=O)NCCCCCNc2cccc3c2C(=O)N(C2CCC(=O)NC2=O)C3=O)cc1)c1c(C)[nH]n(-c2nc(-c3ccc(C(F)(F)F)cc3)cs2)c1=O. The van der Waals surface area contributed by atoms with Gasteiger partial charge in [0.15, 0.2) is 0 Å². The van der Waals surface area contributed by atoms with Crippen LogP contribution in [-0.4, -0.2) is 78.1 Å². The number of fused-ring (bicyclic) bond motifs is 1. The molecule has 0 saturated carbocycles. The van der Waals surface area contributed by atoms with E-state index in [1.54, 1.807) is 79.9 Å². The molecule has 5 N–H and O–H groups in total. The van der Waals surface area contributed by atoms with Gasteiger partial charge >= 0.3 is 6.18 Å². The van der Waals surface area contributed by atoms with Crippen molar-refractivity contribution in [1.82, 2.24) is 40.1 Å². The van der Waals surface area contributed by atoms with Gasteiger partial charge < -0.3 is 10.6 Å². The second kappa shape index (κ2) is 19.1. The van der Waals surface area contributed by atoms with Crippen LogP contribution >= 0.6 is 11.3 Å². The molecule has 1 fully saturated rings. The Hall–Kier alpha value is -8.13. The molecular formula is C50H44F3N9O7S. The van der Waals surface area contributed by atoms with Crippen molar-refractivity contribution < 1.29 is 37.1 Å². The molecule has 4 aromatic carbocycles. The Labute approximate surface area is 400 Å². The molecular weight excluding hydrogens is 928 g/mol. The number of nitrogens with zero attached hydrogens (tertiary/aromatic N) is 4. The summed E-state index contributed by atoms with van der Waals surface area (Å²) in [5, 5.41) is 16.5. The van der Waals surface area contributed by atoms with E-state index in [4.69, 9.17) is 0 Å². The van der Waals surface area contributed by atoms with Gasteiger partial charge in [0, 0.05) is 59.0 Å². The van der Waals surface area contributed by atoms with Crippen molar-refractivity contribution in [1.29, 1.82) is 0 Å². The van der Waals surface area contributed by atoms with E-state index >= 15 is 0 Å². The highest BCUT2D eigenvalue weighted by Crippen LogP contribution is 2.36. The predicted octanol–water partition coefficient (Wildman–Crippen LogP) is 7.00. The van der Waals surface area contributed by atoms with Crippen LogP contribution in [0.5, 0.6) is 0 Å². The Bertz CT molecular complexity index is 3300. The number of anilines is 1. The molecule has 5 amide bonds. The molecule has 9 rings (SSSR count). The molecule has 0 aliphatic carbocycles. The third kappa shape index (κ3) is 9.00. The second-order valence-electron chi connectivity index (χ2n) is 17.0. The average molecular weight is 972 g/mol. The van der Waals surface area contributed by atoms with Crippen LogP contribution in [0.3, 0.4) is 0 Å². The van der Waals surface area contributed by atoms with Crippen molar-refractivity contribution in [2.75, 3.05) is 18.4 Å². The number of H-pyrrole nitrogens is 2. The summed E-state index contributed by atoms with van der Waals surface area (Å²) in [7, 11) is 0. The summed E-state index contributed by atoms with van der Waals surface area (Å²) >= 11 is 1.12. The van der Waals surface area contributed by atoms with E-state index in [-0.39, 0.29) is 46.1 Å². The van der Waals surface area contributed by atoms with Crippen LogP contribution < -0.4 is 27.1 Å². The smallest absolute Gasteiger partial charge is 0.384 e. The number of unbranched alkanes of at least 4 members (excludes halogenated alkanes) is 2. The molecule has 0 radical (unpaired) electrons. The Morgan fingerprint density at radius 1 is 0.786 bits per heavy atom. The maximum Gasteiger partial charge on any atom is 0.416 e. The van der Waals surface area contributed by atoms with Gasteiger partial charge in [-0.1, -0.05) is 48.5 Å². The third-order valence-corrected chi connectivity index (χ3v) is 13.3. The number of aromatic nitrogens is 5. The lowest BCUT2D eigenvalue weighted by Crippen LogP contribution is -2.54. The van der Waals surface area contributed by atoms with E-state index in [1.807, 2.05) is 6.07 Å². The highest BCUT2D eigenvalue weighted by Gasteiger charge is 2.45. The number of benzene rings is 4. The van der Waals surface area contributed by atoms with Gasteiger partial charge in [0.2, 0.25) is 16.9 Å². The van der Waals surface area contributed by atoms with Crippen LogP contribution in [0, 0.1) is 13.8 Å². The minimum Gasteiger partial charge on any atom is -0.384 e. The van der Waals surface area contributed by atoms with Crippen molar-refractivity contribution >= 4 is 46.6 Å². The molecule has 5 heterocycles. The third-order valence-electron chi connectivity index (χ3n) is 12.4. The van der Waals surface area contributed by atoms with Crippen LogP contribution in [0.15, 0.2) is 112 Å². The first-order valence-corrected chi connectivity index (χ1v) is 23.3. The zero-order valence-electron chi connectivity index (χ0n) is 37.6. The summed E-state index contributed by atoms with van der Waals surface area (Å²) < 4.78 is 42.4. The van der Waals surface area contributed by atoms with E-state index in [1.165, 1.54) is 27.6 Å². The van der Waals surface area contributed by atoms with Gasteiger partial charge in [-0.15, -0.1) is 11.3 Å². The summed E-state index contributed by atoms with van der Waals surface area (Å²) in [6, 6.07) is 24.0. The maximum atomic E-state index is 14.5. The monoisotopic (exact) mass is 971 g/mol. The Morgan fingerprint density at radius 2 is 1.46 bits per heavy atom. The lowest BCUT2D eigenvalue weighted by Gasteiger charge is -2.27. The number of amides is 5. The van der Waals surface area contributed by atoms with Gasteiger partial charge in [-0.05, 0) is 93.6 Å². The summed E-state index contributed by atoms with van der Waals surface area (Å²) in [6.07, 6.45) is -2.40. The zero-order valence-corrected chi connectivity index (χ0v) is 38.4. The minimum atomic E-state index is -4.50. The zero-order chi connectivity index (χ0) is 49.4. The minimum absolute atomic E-state index is 0.0250. The molecule has 20 heteroatoms. The molecule has 2 unspecified atom stereocenters. The number of thiazole rings is 1. The highest BCUT2D eigenvalue weighted by atomic mass is 32.1. The standard InChI is InChI=1S/C50H44F3N9O7S/c1-27-39(47(68)61(58-27)33-10-5-3-6-11-33)41(40-28(2)59-62(48(40)69)49-56-36(26-70-49)29-18-20-32(21-19-29)50(51,52)53)30-14-16-31(17-15-30)43(64)55-25-8-4-7-24-54-35-13-9-12-34-42(35)46(67)60(45(34)66)37-22-23-38(63)57-44(37)65/h3,5-6,9-21,26,37,41,54,58-59H,4,7-8,22-25H2,1-2H3,(H,55,64)(H,57,63,65). The van der Waals surface area contributed by atoms with Gasteiger partial charge in [0.1, 0.15) is 6.04 Å². The number of aryl methyl sites for hydroxylation is 2. The Kier molecular flexibility index (Phi) is 12.8. The Balaban J connectivity index is 0.877. The molecule has 358 valence electrons. The van der Waals surface area contributed by atoms with Crippen molar-refractivity contribution in [2.45, 2.75) is 64.1 Å². The van der Waals surface area contributed by atoms with E-state index in [0.717, 1.165) is 28.4 Å². The van der Waals surface area contributed by atoms with Crippen molar-refractivity contribution in [2.24, 2.45) is 0 Å². The molecule has 7 aromatic rings. The number of carbonyl (C=O) groups is 5. The lowest BCUT2D eigenvalue weighted by atomic mass is 9.85. The van der Waals surface area contributed by atoms with Gasteiger partial charge in [0.05, 0.1) is 39.2 Å². The van der Waals surface area contributed by atoms with E-state index in [2.05, 4.69) is 31.1 Å². The number of imide groups is 2. The number of hydrogen-bond donors (Lipinski definition) is 5. The Morgan fingerprint density at radius 3 is 2.14 bits per heavy atom. The first-order valence-electron chi connectivity index (χ1n) is 22.4. The average Bonchev–Trinajstić information content (AvgIpc) is 4.09. The fourth-order valence-corrected chi connectivity index (χ4v) is 9.73. The normalized spacial score (nSPS) is 15.3. The number of rotatable bonds is 15. The number of piperidine rings is 1. The van der Waals surface area contributed by atoms with Crippen molar-refractivity contribution in [3.05, 3.63) is 173 Å². The van der Waals surface area contributed by atoms with Crippen LogP contribution in [0.2, 0.25) is 0 Å². The largest absolute Gasteiger partial charge is 0.416 e. The fourth-order valence-electron chi connectivity index (χ4n) is 8.94. The van der Waals surface area contributed by atoms with Crippen LogP contribution in [0.25, 0.3) is 22.1 Å². The van der Waals surface area contributed by atoms with Gasteiger partial charge in [0.25, 0.3) is 28.8 Å². The second-order valence-corrected chi connectivity index (χ2v) is 17.8. The highest BCUT2D eigenvalue weighted by molar-refractivity contribution is 7.12.